The molecule has 232 valence electrons. The number of carbonyl (C=O) groups excluding carboxylic acids is 1. The number of hydrogen-bond donors (Lipinski definition) is 0. The van der Waals surface area contributed by atoms with Crippen LogP contribution in [-0.2, 0) is 11.2 Å². The van der Waals surface area contributed by atoms with Gasteiger partial charge >= 0.3 is 6.01 Å². The van der Waals surface area contributed by atoms with E-state index in [1.54, 1.807) is 4.90 Å². The zero-order valence-corrected chi connectivity index (χ0v) is 25.7. The van der Waals surface area contributed by atoms with E-state index >= 15 is 4.39 Å². The average molecular weight is 607 g/mol. The number of nitrogens with zero attached hydrogens (tertiary/aromatic N) is 6. The predicted octanol–water partition coefficient (Wildman–Crippen LogP) is 5.47. The molecule has 3 aromatic rings. The van der Waals surface area contributed by atoms with Crippen LogP contribution in [0.1, 0.15) is 55.6 Å². The van der Waals surface area contributed by atoms with Crippen LogP contribution in [0.2, 0.25) is 0 Å². The molecule has 2 aromatic carbocycles. The monoisotopic (exact) mass is 606 g/mol. The minimum Gasteiger partial charge on any atom is -0.463 e. The second-order valence-corrected chi connectivity index (χ2v) is 13.8. The average Bonchev–Trinajstić information content (AvgIpc) is 3.90. The maximum absolute atomic E-state index is 16.8. The molecule has 2 saturated heterocycles. The fourth-order valence-electron chi connectivity index (χ4n) is 8.11. The summed E-state index contributed by atoms with van der Waals surface area (Å²) in [6, 6.07) is 12.1. The van der Waals surface area contributed by atoms with E-state index in [1.165, 1.54) is 36.5 Å². The molecular formula is C36H39FN6O2. The Labute approximate surface area is 263 Å². The number of anilines is 1. The highest BCUT2D eigenvalue weighted by Crippen LogP contribution is 2.59. The quantitative estimate of drug-likeness (QED) is 0.299. The number of rotatable bonds is 9. The van der Waals surface area contributed by atoms with Gasteiger partial charge in [0.2, 0.25) is 5.91 Å². The van der Waals surface area contributed by atoms with Gasteiger partial charge in [-0.1, -0.05) is 30.8 Å². The second kappa shape index (κ2) is 11.1. The lowest BCUT2D eigenvalue weighted by atomic mass is 9.93. The molecule has 45 heavy (non-hydrogen) atoms. The molecule has 1 aromatic heterocycles. The van der Waals surface area contributed by atoms with Crippen molar-refractivity contribution in [2.75, 3.05) is 50.8 Å². The molecule has 0 radical (unpaired) electrons. The van der Waals surface area contributed by atoms with E-state index in [-0.39, 0.29) is 41.1 Å². The van der Waals surface area contributed by atoms with Gasteiger partial charge in [0.25, 0.3) is 0 Å². The second-order valence-electron chi connectivity index (χ2n) is 13.8. The fourth-order valence-corrected chi connectivity index (χ4v) is 8.11. The van der Waals surface area contributed by atoms with Crippen LogP contribution < -0.4 is 9.64 Å². The van der Waals surface area contributed by atoms with Crippen molar-refractivity contribution in [3.8, 4) is 23.2 Å². The number of halogens is 1. The number of piperazine rings is 1. The van der Waals surface area contributed by atoms with E-state index in [0.717, 1.165) is 44.5 Å². The van der Waals surface area contributed by atoms with Gasteiger partial charge < -0.3 is 19.4 Å². The summed E-state index contributed by atoms with van der Waals surface area (Å²) >= 11 is 0. The Balaban J connectivity index is 1.17. The van der Waals surface area contributed by atoms with Gasteiger partial charge in [0.05, 0.1) is 25.1 Å². The Morgan fingerprint density at radius 1 is 1.13 bits per heavy atom. The summed E-state index contributed by atoms with van der Waals surface area (Å²) in [6.45, 7) is 8.74. The number of amides is 1. The third kappa shape index (κ3) is 5.13. The van der Waals surface area contributed by atoms with Crippen molar-refractivity contribution < 1.29 is 13.9 Å². The standard InChI is InChI=1S/C36H39FN6O2/c1-2-30(44)43-17-16-42(20-25(43)10-13-38)34-28-9-8-27(26-7-5-6-23-18-24-19-29(24)31(23)26)32(37)33(28)39-35(40-34)45-22-36(11-12-36)21-41-14-3-4-15-41/h2,5-9,24-25,29H,1,3-4,10-12,14-22H2/t24?,25-,29?/m0/s1. The van der Waals surface area contributed by atoms with E-state index in [4.69, 9.17) is 14.7 Å². The van der Waals surface area contributed by atoms with Crippen LogP contribution in [0, 0.1) is 28.5 Å². The van der Waals surface area contributed by atoms with Gasteiger partial charge in [-0.25, -0.2) is 4.39 Å². The first kappa shape index (κ1) is 28.4. The minimum absolute atomic E-state index is 0.100. The molecule has 8 rings (SSSR count). The molecule has 9 heteroatoms. The van der Waals surface area contributed by atoms with Gasteiger partial charge in [0.1, 0.15) is 11.3 Å². The first-order valence-corrected chi connectivity index (χ1v) is 16.5. The van der Waals surface area contributed by atoms with Crippen molar-refractivity contribution in [3.63, 3.8) is 0 Å². The molecule has 1 amide bonds. The van der Waals surface area contributed by atoms with Gasteiger partial charge in [-0.2, -0.15) is 15.2 Å². The van der Waals surface area contributed by atoms with Gasteiger partial charge in [-0.15, -0.1) is 0 Å². The highest BCUT2D eigenvalue weighted by molar-refractivity contribution is 5.94. The van der Waals surface area contributed by atoms with Crippen LogP contribution in [0.25, 0.3) is 22.0 Å². The van der Waals surface area contributed by atoms with Crippen molar-refractivity contribution in [1.82, 2.24) is 19.8 Å². The SMILES string of the molecule is C=CC(=O)N1CCN(c2nc(OCC3(CN4CCCC4)CC3)nc3c(F)c(-c4cccc5c4C4CC4C5)ccc23)C[C@@H]1CC#N. The normalized spacial score (nSPS) is 24.7. The van der Waals surface area contributed by atoms with Crippen LogP contribution in [0.3, 0.4) is 0 Å². The lowest BCUT2D eigenvalue weighted by Crippen LogP contribution is -2.55. The van der Waals surface area contributed by atoms with Gasteiger partial charge in [-0.05, 0) is 92.3 Å². The minimum atomic E-state index is -0.356. The molecule has 5 aliphatic rings. The molecule has 2 unspecified atom stereocenters. The van der Waals surface area contributed by atoms with E-state index in [9.17, 15) is 10.1 Å². The molecule has 0 spiro atoms. The Bertz CT molecular complexity index is 1720. The summed E-state index contributed by atoms with van der Waals surface area (Å²) in [6.07, 6.45) is 8.46. The van der Waals surface area contributed by atoms with E-state index in [0.29, 0.717) is 54.8 Å². The molecule has 2 saturated carbocycles. The van der Waals surface area contributed by atoms with Crippen molar-refractivity contribution in [3.05, 3.63) is 59.9 Å². The van der Waals surface area contributed by atoms with Crippen LogP contribution in [0.15, 0.2) is 43.0 Å². The third-order valence-corrected chi connectivity index (χ3v) is 10.8. The smallest absolute Gasteiger partial charge is 0.319 e. The highest BCUT2D eigenvalue weighted by Gasteiger charge is 2.47. The lowest BCUT2D eigenvalue weighted by Gasteiger charge is -2.41. The van der Waals surface area contributed by atoms with Crippen LogP contribution in [0.4, 0.5) is 10.2 Å². The Morgan fingerprint density at radius 2 is 1.98 bits per heavy atom. The number of fused-ring (bicyclic) bond motifs is 4. The highest BCUT2D eigenvalue weighted by atomic mass is 19.1. The summed E-state index contributed by atoms with van der Waals surface area (Å²) in [5.41, 5.74) is 4.52. The molecule has 8 nitrogen and oxygen atoms in total. The van der Waals surface area contributed by atoms with Gasteiger partial charge in [0.15, 0.2) is 5.82 Å². The first-order valence-electron chi connectivity index (χ1n) is 16.5. The molecule has 0 bridgehead atoms. The topological polar surface area (TPSA) is 85.6 Å². The van der Waals surface area contributed by atoms with Crippen molar-refractivity contribution in [2.45, 2.75) is 56.9 Å². The number of ether oxygens (including phenoxy) is 1. The summed E-state index contributed by atoms with van der Waals surface area (Å²) in [5, 5.41) is 10.2. The van der Waals surface area contributed by atoms with E-state index in [1.807, 2.05) is 24.3 Å². The third-order valence-electron chi connectivity index (χ3n) is 10.8. The first-order chi connectivity index (χ1) is 22.0. The van der Waals surface area contributed by atoms with Gasteiger partial charge in [0, 0.05) is 42.5 Å². The molecule has 3 heterocycles. The molecule has 0 N–H and O–H groups in total. The zero-order valence-electron chi connectivity index (χ0n) is 25.7. The fraction of sp³-hybridized carbons (Fsp3) is 0.500. The summed E-state index contributed by atoms with van der Waals surface area (Å²) in [5.74, 6) is 1.26. The zero-order chi connectivity index (χ0) is 30.7. The molecule has 2 aliphatic heterocycles. The van der Waals surface area contributed by atoms with Crippen LogP contribution >= 0.6 is 0 Å². The van der Waals surface area contributed by atoms with E-state index < -0.39 is 0 Å². The Hall–Kier alpha value is -4.03. The number of benzene rings is 2. The molecule has 3 aliphatic carbocycles. The summed E-state index contributed by atoms with van der Waals surface area (Å²) in [4.78, 5) is 28.5. The predicted molar refractivity (Wildman–Crippen MR) is 170 cm³/mol. The van der Waals surface area contributed by atoms with E-state index in [2.05, 4.69) is 28.5 Å². The van der Waals surface area contributed by atoms with Gasteiger partial charge in [-0.3, -0.25) is 4.79 Å². The Kier molecular flexibility index (Phi) is 7.01. The maximum atomic E-state index is 16.8. The number of likely N-dealkylation sites (tertiary alicyclic amines) is 1. The lowest BCUT2D eigenvalue weighted by molar-refractivity contribution is -0.128. The van der Waals surface area contributed by atoms with Crippen molar-refractivity contribution >= 4 is 22.6 Å². The van der Waals surface area contributed by atoms with Crippen molar-refractivity contribution in [2.24, 2.45) is 11.3 Å². The number of aromatic nitrogens is 2. The summed E-state index contributed by atoms with van der Waals surface area (Å²) < 4.78 is 23.1. The maximum Gasteiger partial charge on any atom is 0.319 e. The number of carbonyl (C=O) groups is 1. The molecular weight excluding hydrogens is 567 g/mol. The van der Waals surface area contributed by atoms with Crippen LogP contribution in [0.5, 0.6) is 6.01 Å². The molecule has 4 fully saturated rings. The Morgan fingerprint density at radius 3 is 2.76 bits per heavy atom. The van der Waals surface area contributed by atoms with Crippen LogP contribution in [-0.4, -0.2) is 77.6 Å². The largest absolute Gasteiger partial charge is 0.463 e. The van der Waals surface area contributed by atoms with Crippen molar-refractivity contribution in [1.29, 1.82) is 5.26 Å². The summed E-state index contributed by atoms with van der Waals surface area (Å²) in [7, 11) is 0. The number of hydrogen-bond acceptors (Lipinski definition) is 7. The molecule has 3 atom stereocenters. The number of nitriles is 1.